The first kappa shape index (κ1) is 62.3. The van der Waals surface area contributed by atoms with E-state index >= 15 is 0 Å². The van der Waals surface area contributed by atoms with E-state index in [9.17, 15) is 60.8 Å². The van der Waals surface area contributed by atoms with E-state index < -0.39 is 48.3 Å². The second kappa shape index (κ2) is 19.4. The number of alkyl halides is 6. The number of ether oxygens (including phenoxy) is 1. The summed E-state index contributed by atoms with van der Waals surface area (Å²) in [6, 6.07) is 0. The molecule has 15 heteroatoms. The minimum absolute atomic E-state index is 0.0296. The Morgan fingerprint density at radius 1 is 0.532 bits per heavy atom. The van der Waals surface area contributed by atoms with Gasteiger partial charge in [-0.1, -0.05) is 94.2 Å². The zero-order chi connectivity index (χ0) is 59.3. The Balaban J connectivity index is 0.000000190. The number of hydrogen-bond acceptors (Lipinski definition) is 8. The first-order valence-electron chi connectivity index (χ1n) is 29.9. The van der Waals surface area contributed by atoms with Crippen molar-refractivity contribution in [3.63, 3.8) is 0 Å². The van der Waals surface area contributed by atoms with Gasteiger partial charge in [0.2, 0.25) is 0 Å². The lowest BCUT2D eigenvalue weighted by Crippen LogP contribution is -2.66. The van der Waals surface area contributed by atoms with Crippen molar-refractivity contribution >= 4 is 23.5 Å². The third-order valence-electron chi connectivity index (χ3n) is 26.7. The lowest BCUT2D eigenvalue weighted by atomic mass is 9.33. The summed E-state index contributed by atoms with van der Waals surface area (Å²) in [5.74, 6) is -0.488. The molecule has 0 aromatic rings. The number of carbonyl (C=O) groups excluding carboxylic acids is 3. The number of halogens is 6. The average Bonchev–Trinajstić information content (AvgIpc) is 3.21. The number of esters is 1. The average molecular weight is 1120 g/mol. The molecule has 0 heterocycles. The van der Waals surface area contributed by atoms with Gasteiger partial charge in [0.25, 0.3) is 0 Å². The molecule has 0 amide bonds. The molecule has 448 valence electrons. The third-order valence-corrected chi connectivity index (χ3v) is 26.7. The SMILES string of the molecule is CC1(C)[C@@H](O)CC[C@]2(C)[C@H]3C(=O)C=C4[C@H]5C[C@@](C)(C(=O)O)CC[C@]5(C)CC[C@@]4(C)[C@]3(C)CC[C@@H]12.CC1(C)[C@@H](O)CC[C@]2(C)[C@H]3C(=O)C=C4[C@H]5C[C@@](C)(C(=O)OCC(F)(F)F)CC[C@]5(C)CC[C@@]4(C)[C@]3(C)CC[C@@H]12.OCC(F)(F)F. The number of aliphatic hydroxyl groups excluding tert-OH is 3. The standard InChI is InChI=1S/C32H47F3O4.C30H46O4.C2H3F3O/c1-26(2)22-8-11-31(7)24(29(22,5)10-9-23(26)37)21(36)16-19-20-17-28(4,25(38)39-18-32(33,34)35)13-12-27(20,3)14-15-30(19,31)6;1-25(2)21-8-11-30(7)23(28(21,5)10-9-22(25)32)20(31)16-18-19-17-27(4,24(33)34)13-12-26(19,3)14-15-29(18,30)6;3-2(4,5)1-6/h16,20,22-24,37H,8-15,17-18H2,1-7H3;16,19,21-23,32H,8-15,17H2,1-7H3,(H,33,34);6H,1H2/t20-,22+,23+,24-,27-,28+,29+,30-,31-;19-,21+,22+,23-,26-,27+,28+,29-,30-;/m11./s1. The molecule has 9 nitrogen and oxygen atoms in total. The minimum Gasteiger partial charge on any atom is -0.481 e. The highest BCUT2D eigenvalue weighted by molar-refractivity contribution is 5.96. The maximum absolute atomic E-state index is 14.3. The van der Waals surface area contributed by atoms with Crippen LogP contribution >= 0.6 is 0 Å². The first-order valence-corrected chi connectivity index (χ1v) is 29.9. The molecular weight excluding hydrogens is 1030 g/mol. The molecule has 0 unspecified atom stereocenters. The molecule has 18 atom stereocenters. The fourth-order valence-electron chi connectivity index (χ4n) is 21.0. The lowest BCUT2D eigenvalue weighted by Gasteiger charge is -2.70. The van der Waals surface area contributed by atoms with Crippen LogP contribution in [0.4, 0.5) is 26.3 Å². The number of hydrogen-bond donors (Lipinski definition) is 4. The van der Waals surface area contributed by atoms with E-state index in [0.717, 1.165) is 95.5 Å². The van der Waals surface area contributed by atoms with E-state index in [1.54, 1.807) is 6.92 Å². The fraction of sp³-hybridized carbons (Fsp3) is 0.875. The molecule has 0 radical (unpaired) electrons. The van der Waals surface area contributed by atoms with Gasteiger partial charge in [0.15, 0.2) is 18.2 Å². The molecule has 10 rings (SSSR count). The maximum Gasteiger partial charge on any atom is 0.422 e. The van der Waals surface area contributed by atoms with Crippen LogP contribution in [0.3, 0.4) is 0 Å². The summed E-state index contributed by atoms with van der Waals surface area (Å²) in [5, 5.41) is 39.1. The molecule has 4 N–H and O–H groups in total. The van der Waals surface area contributed by atoms with Crippen molar-refractivity contribution < 1.29 is 70.7 Å². The van der Waals surface area contributed by atoms with Crippen LogP contribution in [0, 0.1) is 100 Å². The minimum atomic E-state index is -4.56. The fourth-order valence-corrected chi connectivity index (χ4v) is 21.0. The van der Waals surface area contributed by atoms with Gasteiger partial charge in [-0.2, -0.15) is 26.3 Å². The van der Waals surface area contributed by atoms with Gasteiger partial charge in [0.1, 0.15) is 6.61 Å². The zero-order valence-electron chi connectivity index (χ0n) is 50.0. The molecule has 0 aromatic carbocycles. The van der Waals surface area contributed by atoms with Crippen molar-refractivity contribution in [3.8, 4) is 0 Å². The second-order valence-electron chi connectivity index (χ2n) is 31.5. The van der Waals surface area contributed by atoms with Gasteiger partial charge >= 0.3 is 24.3 Å². The van der Waals surface area contributed by atoms with E-state index in [0.29, 0.717) is 31.6 Å². The van der Waals surface area contributed by atoms with E-state index in [-0.39, 0.29) is 108 Å². The van der Waals surface area contributed by atoms with Crippen LogP contribution < -0.4 is 0 Å². The lowest BCUT2D eigenvalue weighted by molar-refractivity contribution is -0.205. The first-order chi connectivity index (χ1) is 35.8. The summed E-state index contributed by atoms with van der Waals surface area (Å²) in [6.07, 6.45) is 9.50. The van der Waals surface area contributed by atoms with Crippen LogP contribution in [0.25, 0.3) is 0 Å². The Kier molecular flexibility index (Phi) is 15.3. The molecule has 10 aliphatic carbocycles. The van der Waals surface area contributed by atoms with Gasteiger partial charge in [0.05, 0.1) is 23.0 Å². The summed E-state index contributed by atoms with van der Waals surface area (Å²) in [6.45, 7) is 27.8. The number of carbonyl (C=O) groups is 4. The monoisotopic (exact) mass is 1120 g/mol. The van der Waals surface area contributed by atoms with Gasteiger partial charge < -0.3 is 25.2 Å². The topological polar surface area (TPSA) is 158 Å². The number of fused-ring (bicyclic) bond motifs is 14. The predicted octanol–water partition coefficient (Wildman–Crippen LogP) is 14.4. The molecule has 0 aliphatic heterocycles. The number of aliphatic carboxylic acids is 1. The highest BCUT2D eigenvalue weighted by Crippen LogP contribution is 2.77. The molecule has 8 fully saturated rings. The number of carboxylic acids is 1. The van der Waals surface area contributed by atoms with E-state index in [1.165, 1.54) is 5.57 Å². The molecule has 0 bridgehead atoms. The van der Waals surface area contributed by atoms with E-state index in [1.807, 2.05) is 19.1 Å². The number of rotatable bonds is 3. The van der Waals surface area contributed by atoms with E-state index in [2.05, 4.69) is 83.1 Å². The summed E-state index contributed by atoms with van der Waals surface area (Å²) in [4.78, 5) is 53.7. The van der Waals surface area contributed by atoms with E-state index in [4.69, 9.17) is 9.84 Å². The number of allylic oxidation sites excluding steroid dienone is 4. The Bertz CT molecular complexity index is 2520. The molecule has 0 aromatic heterocycles. The van der Waals surface area contributed by atoms with Crippen molar-refractivity contribution in [2.75, 3.05) is 13.2 Å². The van der Waals surface area contributed by atoms with Crippen LogP contribution in [0.2, 0.25) is 0 Å². The van der Waals surface area contributed by atoms with Gasteiger partial charge in [-0.25, -0.2) is 0 Å². The van der Waals surface area contributed by atoms with Crippen molar-refractivity contribution in [3.05, 3.63) is 23.3 Å². The van der Waals surface area contributed by atoms with Gasteiger partial charge in [-0.3, -0.25) is 19.2 Å². The van der Waals surface area contributed by atoms with Gasteiger partial charge in [-0.15, -0.1) is 0 Å². The Morgan fingerprint density at radius 3 is 1.24 bits per heavy atom. The van der Waals surface area contributed by atoms with Crippen LogP contribution in [0.15, 0.2) is 23.3 Å². The summed E-state index contributed by atoms with van der Waals surface area (Å²) >= 11 is 0. The Labute approximate surface area is 466 Å². The molecule has 79 heavy (non-hydrogen) atoms. The summed E-state index contributed by atoms with van der Waals surface area (Å²) < 4.78 is 74.9. The normalized spacial score (nSPS) is 48.4. The molecule has 8 saturated carbocycles. The highest BCUT2D eigenvalue weighted by atomic mass is 19.4. The maximum atomic E-state index is 14.3. The number of carboxylic acid groups (broad SMARTS) is 1. The Hall–Kier alpha value is -2.78. The van der Waals surface area contributed by atoms with Crippen molar-refractivity contribution in [1.82, 2.24) is 0 Å². The quantitative estimate of drug-likeness (QED) is 0.159. The summed E-state index contributed by atoms with van der Waals surface area (Å²) in [5.41, 5.74) is -0.816. The van der Waals surface area contributed by atoms with Crippen molar-refractivity contribution in [1.29, 1.82) is 0 Å². The Morgan fingerprint density at radius 2 is 0.886 bits per heavy atom. The largest absolute Gasteiger partial charge is 0.481 e. The number of aliphatic hydroxyl groups is 3. The predicted molar refractivity (Wildman–Crippen MR) is 289 cm³/mol. The molecule has 0 spiro atoms. The third kappa shape index (κ3) is 9.48. The van der Waals surface area contributed by atoms with Crippen LogP contribution in [-0.2, 0) is 23.9 Å². The van der Waals surface area contributed by atoms with Crippen molar-refractivity contribution in [2.24, 2.45) is 100 Å². The van der Waals surface area contributed by atoms with Gasteiger partial charge in [0, 0.05) is 11.8 Å². The molecular formula is C64H96F6O9. The van der Waals surface area contributed by atoms with Crippen LogP contribution in [0.1, 0.15) is 213 Å². The second-order valence-corrected chi connectivity index (χ2v) is 31.5. The molecule has 0 saturated heterocycles. The van der Waals surface area contributed by atoms with Crippen molar-refractivity contribution in [2.45, 2.75) is 237 Å². The molecule has 10 aliphatic rings. The van der Waals surface area contributed by atoms with Crippen LogP contribution in [0.5, 0.6) is 0 Å². The zero-order valence-corrected chi connectivity index (χ0v) is 50.0. The van der Waals surface area contributed by atoms with Gasteiger partial charge in [-0.05, 0) is 219 Å². The summed E-state index contributed by atoms with van der Waals surface area (Å²) in [7, 11) is 0. The smallest absolute Gasteiger partial charge is 0.422 e. The van der Waals surface area contributed by atoms with Crippen LogP contribution in [-0.4, -0.2) is 81.7 Å². The number of ketones is 2. The highest BCUT2D eigenvalue weighted by Gasteiger charge is 2.72.